The average molecular weight is 339 g/mol. The van der Waals surface area contributed by atoms with Gasteiger partial charge in [0.25, 0.3) is 0 Å². The number of nitrogens with two attached hydrogens (primary N) is 1. The highest BCUT2D eigenvalue weighted by Crippen LogP contribution is 2.20. The Labute approximate surface area is 125 Å². The van der Waals surface area contributed by atoms with Crippen LogP contribution in [0.5, 0.6) is 0 Å². The van der Waals surface area contributed by atoms with Crippen molar-refractivity contribution in [2.75, 3.05) is 0 Å². The fourth-order valence-corrected chi connectivity index (χ4v) is 2.90. The number of carbonyl (C=O) groups is 1. The summed E-state index contributed by atoms with van der Waals surface area (Å²) in [5.74, 6) is -0.157. The summed E-state index contributed by atoms with van der Waals surface area (Å²) in [7, 11) is 0. The lowest BCUT2D eigenvalue weighted by Crippen LogP contribution is -2.35. The van der Waals surface area contributed by atoms with E-state index in [9.17, 15) is 4.79 Å². The van der Waals surface area contributed by atoms with Crippen molar-refractivity contribution in [3.05, 3.63) is 56.7 Å². The summed E-state index contributed by atoms with van der Waals surface area (Å²) < 4.78 is 0.994. The fourth-order valence-electron chi connectivity index (χ4n) is 1.76. The van der Waals surface area contributed by atoms with E-state index >= 15 is 0 Å². The minimum Gasteiger partial charge on any atom is -0.348 e. The van der Waals surface area contributed by atoms with Gasteiger partial charge in [-0.1, -0.05) is 34.1 Å². The highest BCUT2D eigenvalue weighted by atomic mass is 79.9. The molecule has 0 bridgehead atoms. The lowest BCUT2D eigenvalue weighted by Gasteiger charge is -2.17. The third kappa shape index (κ3) is 3.65. The lowest BCUT2D eigenvalue weighted by atomic mass is 10.1. The molecule has 3 N–H and O–H groups in total. The first-order chi connectivity index (χ1) is 9.08. The largest absolute Gasteiger partial charge is 0.348 e. The molecule has 1 aromatic heterocycles. The molecule has 5 heteroatoms. The van der Waals surface area contributed by atoms with Crippen molar-refractivity contribution in [3.8, 4) is 0 Å². The van der Waals surface area contributed by atoms with Crippen LogP contribution < -0.4 is 11.1 Å². The number of carbonyl (C=O) groups excluding carboxylic acids is 1. The zero-order valence-corrected chi connectivity index (χ0v) is 12.9. The Hall–Kier alpha value is -1.17. The molecule has 0 aliphatic rings. The zero-order chi connectivity index (χ0) is 13.8. The molecule has 1 aromatic carbocycles. The van der Waals surface area contributed by atoms with Crippen molar-refractivity contribution in [2.45, 2.75) is 19.0 Å². The highest BCUT2D eigenvalue weighted by molar-refractivity contribution is 9.10. The van der Waals surface area contributed by atoms with Crippen LogP contribution in [0, 0.1) is 0 Å². The minimum atomic E-state index is -0.602. The second-order valence-corrected chi connectivity index (χ2v) is 6.17. The minimum absolute atomic E-state index is 0.0731. The number of thiophene rings is 1. The van der Waals surface area contributed by atoms with Crippen molar-refractivity contribution >= 4 is 33.2 Å². The van der Waals surface area contributed by atoms with Gasteiger partial charge in [0.15, 0.2) is 0 Å². The Balaban J connectivity index is 2.03. The molecule has 2 atom stereocenters. The summed E-state index contributed by atoms with van der Waals surface area (Å²) in [5, 5.41) is 4.85. The Bertz CT molecular complexity index is 556. The van der Waals surface area contributed by atoms with Crippen molar-refractivity contribution in [1.82, 2.24) is 5.32 Å². The number of amides is 1. The van der Waals surface area contributed by atoms with E-state index in [-0.39, 0.29) is 11.9 Å². The number of benzene rings is 1. The van der Waals surface area contributed by atoms with Gasteiger partial charge in [0.05, 0.1) is 6.04 Å². The van der Waals surface area contributed by atoms with E-state index in [0.717, 1.165) is 14.9 Å². The van der Waals surface area contributed by atoms with Gasteiger partial charge >= 0.3 is 0 Å². The number of hydrogen-bond acceptors (Lipinski definition) is 3. The van der Waals surface area contributed by atoms with Crippen LogP contribution in [0.2, 0.25) is 0 Å². The predicted octanol–water partition coefficient (Wildman–Crippen LogP) is 3.39. The van der Waals surface area contributed by atoms with E-state index in [1.165, 1.54) is 11.3 Å². The van der Waals surface area contributed by atoms with Gasteiger partial charge in [0.1, 0.15) is 6.04 Å². The van der Waals surface area contributed by atoms with Gasteiger partial charge in [-0.3, -0.25) is 4.79 Å². The number of halogens is 1. The predicted molar refractivity (Wildman–Crippen MR) is 81.9 cm³/mol. The molecule has 0 aliphatic heterocycles. The van der Waals surface area contributed by atoms with Crippen molar-refractivity contribution in [1.29, 1.82) is 0 Å². The van der Waals surface area contributed by atoms with Crippen LogP contribution in [-0.2, 0) is 4.79 Å². The fraction of sp³-hybridized carbons (Fsp3) is 0.214. The van der Waals surface area contributed by atoms with Crippen LogP contribution in [0.4, 0.5) is 0 Å². The topological polar surface area (TPSA) is 55.1 Å². The third-order valence-corrected chi connectivity index (χ3v) is 4.29. The van der Waals surface area contributed by atoms with Crippen LogP contribution in [0.25, 0.3) is 0 Å². The van der Waals surface area contributed by atoms with Gasteiger partial charge in [-0.25, -0.2) is 0 Å². The van der Waals surface area contributed by atoms with Gasteiger partial charge in [0.2, 0.25) is 5.91 Å². The second kappa shape index (κ2) is 6.32. The van der Waals surface area contributed by atoms with Crippen LogP contribution in [0.3, 0.4) is 0 Å². The lowest BCUT2D eigenvalue weighted by molar-refractivity contribution is -0.123. The number of nitrogens with one attached hydrogen (secondary N) is 1. The molecular weight excluding hydrogens is 324 g/mol. The van der Waals surface area contributed by atoms with E-state index in [4.69, 9.17) is 5.73 Å². The van der Waals surface area contributed by atoms with Gasteiger partial charge in [0, 0.05) is 9.35 Å². The summed E-state index contributed by atoms with van der Waals surface area (Å²) in [6.07, 6.45) is 0. The van der Waals surface area contributed by atoms with Crippen molar-refractivity contribution in [3.63, 3.8) is 0 Å². The zero-order valence-electron chi connectivity index (χ0n) is 10.5. The number of hydrogen-bond donors (Lipinski definition) is 2. The first-order valence-electron chi connectivity index (χ1n) is 5.93. The summed E-state index contributed by atoms with van der Waals surface area (Å²) in [6.45, 7) is 1.95. The first-order valence-corrected chi connectivity index (χ1v) is 7.60. The quantitative estimate of drug-likeness (QED) is 0.897. The Morgan fingerprint density at radius 2 is 2.16 bits per heavy atom. The molecule has 0 saturated heterocycles. The van der Waals surface area contributed by atoms with Crippen LogP contribution in [-0.4, -0.2) is 5.91 Å². The van der Waals surface area contributed by atoms with Gasteiger partial charge in [-0.15, -0.1) is 11.3 Å². The van der Waals surface area contributed by atoms with Gasteiger partial charge in [-0.05, 0) is 36.1 Å². The van der Waals surface area contributed by atoms with Crippen molar-refractivity contribution < 1.29 is 4.79 Å². The number of rotatable bonds is 4. The molecule has 0 fully saturated rings. The Morgan fingerprint density at radius 3 is 2.79 bits per heavy atom. The first kappa shape index (κ1) is 14.2. The molecule has 0 spiro atoms. The Kier molecular flexibility index (Phi) is 4.74. The molecule has 1 unspecified atom stereocenters. The molecule has 2 rings (SSSR count). The normalized spacial score (nSPS) is 13.8. The maximum atomic E-state index is 12.1. The van der Waals surface area contributed by atoms with Crippen LogP contribution in [0.1, 0.15) is 29.4 Å². The summed E-state index contributed by atoms with van der Waals surface area (Å²) in [6, 6.07) is 11.0. The standard InChI is InChI=1S/C14H15BrN2OS/c1-9(10-4-2-5-11(15)8-10)17-14(18)13(16)12-6-3-7-19-12/h2-9,13H,16H2,1H3,(H,17,18)/t9-,13?/m0/s1. The molecule has 1 heterocycles. The summed E-state index contributed by atoms with van der Waals surface area (Å²) >= 11 is 4.91. The van der Waals surface area contributed by atoms with E-state index in [0.29, 0.717) is 0 Å². The molecule has 1 amide bonds. The van der Waals surface area contributed by atoms with Gasteiger partial charge in [-0.2, -0.15) is 0 Å². The molecule has 0 radical (unpaired) electrons. The van der Waals surface area contributed by atoms with E-state index < -0.39 is 6.04 Å². The molecule has 100 valence electrons. The second-order valence-electron chi connectivity index (χ2n) is 4.28. The summed E-state index contributed by atoms with van der Waals surface area (Å²) in [4.78, 5) is 12.9. The SMILES string of the molecule is C[C@H](NC(=O)C(N)c1cccs1)c1cccc(Br)c1. The average Bonchev–Trinajstić information content (AvgIpc) is 2.91. The summed E-state index contributed by atoms with van der Waals surface area (Å²) in [5.41, 5.74) is 6.97. The van der Waals surface area contributed by atoms with Gasteiger partial charge < -0.3 is 11.1 Å². The molecule has 3 nitrogen and oxygen atoms in total. The maximum Gasteiger partial charge on any atom is 0.242 e. The molecule has 0 saturated carbocycles. The Morgan fingerprint density at radius 1 is 1.37 bits per heavy atom. The molecular formula is C14H15BrN2OS. The molecule has 0 aliphatic carbocycles. The van der Waals surface area contributed by atoms with E-state index in [1.54, 1.807) is 0 Å². The smallest absolute Gasteiger partial charge is 0.242 e. The van der Waals surface area contributed by atoms with Crippen LogP contribution in [0.15, 0.2) is 46.3 Å². The maximum absolute atomic E-state index is 12.1. The third-order valence-electron chi connectivity index (χ3n) is 2.84. The molecule has 2 aromatic rings. The monoisotopic (exact) mass is 338 g/mol. The van der Waals surface area contributed by atoms with Crippen LogP contribution >= 0.6 is 27.3 Å². The van der Waals surface area contributed by atoms with E-state index in [2.05, 4.69) is 21.2 Å². The molecule has 19 heavy (non-hydrogen) atoms. The van der Waals surface area contributed by atoms with E-state index in [1.807, 2.05) is 48.7 Å². The highest BCUT2D eigenvalue weighted by Gasteiger charge is 2.19. The van der Waals surface area contributed by atoms with Crippen molar-refractivity contribution in [2.24, 2.45) is 5.73 Å².